The lowest BCUT2D eigenvalue weighted by atomic mass is 9.94. The molecular formula is C12H18N4. The summed E-state index contributed by atoms with van der Waals surface area (Å²) in [5.41, 5.74) is 0.968. The lowest BCUT2D eigenvalue weighted by Gasteiger charge is -2.24. The van der Waals surface area contributed by atoms with E-state index in [1.54, 1.807) is 10.9 Å². The van der Waals surface area contributed by atoms with Gasteiger partial charge >= 0.3 is 0 Å². The van der Waals surface area contributed by atoms with Crippen LogP contribution in [-0.2, 0) is 7.05 Å². The predicted molar refractivity (Wildman–Crippen MR) is 61.6 cm³/mol. The first-order valence-electron chi connectivity index (χ1n) is 5.94. The molecule has 1 aliphatic rings. The Balaban J connectivity index is 1.98. The zero-order valence-corrected chi connectivity index (χ0v) is 9.69. The Morgan fingerprint density at radius 1 is 1.50 bits per heavy atom. The van der Waals surface area contributed by atoms with Crippen molar-refractivity contribution in [1.82, 2.24) is 15.1 Å². The first kappa shape index (κ1) is 11.2. The average Bonchev–Trinajstić information content (AvgIpc) is 2.74. The summed E-state index contributed by atoms with van der Waals surface area (Å²) < 4.78 is 1.74. The van der Waals surface area contributed by atoms with Gasteiger partial charge in [0, 0.05) is 24.8 Å². The highest BCUT2D eigenvalue weighted by Gasteiger charge is 2.19. The van der Waals surface area contributed by atoms with Gasteiger partial charge in [0.05, 0.1) is 12.3 Å². The van der Waals surface area contributed by atoms with Crippen LogP contribution >= 0.6 is 0 Å². The van der Waals surface area contributed by atoms with Gasteiger partial charge in [-0.15, -0.1) is 0 Å². The summed E-state index contributed by atoms with van der Waals surface area (Å²) in [4.78, 5) is 0. The Bertz CT molecular complexity index is 371. The quantitative estimate of drug-likeness (QED) is 0.843. The molecular weight excluding hydrogens is 200 g/mol. The standard InChI is InChI=1S/C12H18N4/c1-16-9-10(8-14-16)12(7-13)15-11-5-3-2-4-6-11/h8-9,11-12,15H,2-6H2,1H3. The number of aromatic nitrogens is 2. The van der Waals surface area contributed by atoms with Crippen molar-refractivity contribution in [1.29, 1.82) is 5.26 Å². The highest BCUT2D eigenvalue weighted by atomic mass is 15.2. The first-order valence-corrected chi connectivity index (χ1v) is 5.94. The van der Waals surface area contributed by atoms with Gasteiger partial charge in [0.15, 0.2) is 0 Å². The second kappa shape index (κ2) is 5.13. The van der Waals surface area contributed by atoms with Crippen molar-refractivity contribution < 1.29 is 0 Å². The highest BCUT2D eigenvalue weighted by molar-refractivity contribution is 5.18. The van der Waals surface area contributed by atoms with Crippen LogP contribution in [0.1, 0.15) is 43.7 Å². The van der Waals surface area contributed by atoms with Gasteiger partial charge in [0.1, 0.15) is 6.04 Å². The van der Waals surface area contributed by atoms with Gasteiger partial charge in [0.25, 0.3) is 0 Å². The molecule has 0 amide bonds. The van der Waals surface area contributed by atoms with Gasteiger partial charge < -0.3 is 0 Å². The highest BCUT2D eigenvalue weighted by Crippen LogP contribution is 2.21. The lowest BCUT2D eigenvalue weighted by molar-refractivity contribution is 0.360. The molecule has 0 aliphatic heterocycles. The van der Waals surface area contributed by atoms with Crippen LogP contribution in [0, 0.1) is 11.3 Å². The second-order valence-corrected chi connectivity index (χ2v) is 4.51. The smallest absolute Gasteiger partial charge is 0.124 e. The molecule has 4 heteroatoms. The van der Waals surface area contributed by atoms with Gasteiger partial charge in [-0.25, -0.2) is 0 Å². The third kappa shape index (κ3) is 2.61. The molecule has 1 atom stereocenters. The van der Waals surface area contributed by atoms with Gasteiger partial charge in [-0.1, -0.05) is 19.3 Å². The van der Waals surface area contributed by atoms with Crippen molar-refractivity contribution in [2.24, 2.45) is 7.05 Å². The minimum atomic E-state index is -0.211. The van der Waals surface area contributed by atoms with Gasteiger partial charge in [-0.2, -0.15) is 10.4 Å². The Kier molecular flexibility index (Phi) is 3.58. The molecule has 0 radical (unpaired) electrons. The van der Waals surface area contributed by atoms with Crippen molar-refractivity contribution >= 4 is 0 Å². The van der Waals surface area contributed by atoms with Crippen LogP contribution in [0.2, 0.25) is 0 Å². The Hall–Kier alpha value is -1.34. The van der Waals surface area contributed by atoms with E-state index in [1.807, 2.05) is 13.2 Å². The number of nitrogens with zero attached hydrogens (tertiary/aromatic N) is 3. The summed E-state index contributed by atoms with van der Waals surface area (Å²) in [7, 11) is 1.87. The summed E-state index contributed by atoms with van der Waals surface area (Å²) in [6.45, 7) is 0. The molecule has 4 nitrogen and oxygen atoms in total. The van der Waals surface area contributed by atoms with Crippen LogP contribution in [-0.4, -0.2) is 15.8 Å². The van der Waals surface area contributed by atoms with Crippen molar-refractivity contribution in [2.75, 3.05) is 0 Å². The van der Waals surface area contributed by atoms with Crippen LogP contribution in [0.15, 0.2) is 12.4 Å². The number of aryl methyl sites for hydroxylation is 1. The molecule has 86 valence electrons. The summed E-state index contributed by atoms with van der Waals surface area (Å²) >= 11 is 0. The third-order valence-corrected chi connectivity index (χ3v) is 3.19. The summed E-state index contributed by atoms with van der Waals surface area (Å²) in [6.07, 6.45) is 9.96. The van der Waals surface area contributed by atoms with E-state index in [9.17, 15) is 0 Å². The van der Waals surface area contributed by atoms with E-state index in [0.29, 0.717) is 6.04 Å². The maximum absolute atomic E-state index is 9.17. The molecule has 2 rings (SSSR count). The summed E-state index contributed by atoms with van der Waals surface area (Å²) in [5, 5.41) is 16.7. The zero-order chi connectivity index (χ0) is 11.4. The lowest BCUT2D eigenvalue weighted by Crippen LogP contribution is -2.33. The average molecular weight is 218 g/mol. The van der Waals surface area contributed by atoms with Crippen LogP contribution < -0.4 is 5.32 Å². The minimum Gasteiger partial charge on any atom is -0.295 e. The van der Waals surface area contributed by atoms with Crippen molar-refractivity contribution in [2.45, 2.75) is 44.2 Å². The molecule has 1 aromatic heterocycles. The maximum atomic E-state index is 9.17. The van der Waals surface area contributed by atoms with Crippen LogP contribution in [0.3, 0.4) is 0 Å². The molecule has 1 fully saturated rings. The fourth-order valence-electron chi connectivity index (χ4n) is 2.30. The number of hydrogen-bond acceptors (Lipinski definition) is 3. The molecule has 16 heavy (non-hydrogen) atoms. The van der Waals surface area contributed by atoms with Crippen molar-refractivity contribution in [3.63, 3.8) is 0 Å². The topological polar surface area (TPSA) is 53.6 Å². The van der Waals surface area contributed by atoms with E-state index in [4.69, 9.17) is 5.26 Å². The zero-order valence-electron chi connectivity index (χ0n) is 9.69. The molecule has 0 saturated heterocycles. The van der Waals surface area contributed by atoms with E-state index in [1.165, 1.54) is 32.1 Å². The van der Waals surface area contributed by atoms with E-state index in [-0.39, 0.29) is 6.04 Å². The third-order valence-electron chi connectivity index (χ3n) is 3.19. The van der Waals surface area contributed by atoms with Gasteiger partial charge in [-0.3, -0.25) is 10.00 Å². The molecule has 1 heterocycles. The largest absolute Gasteiger partial charge is 0.295 e. The van der Waals surface area contributed by atoms with Gasteiger partial charge in [0.2, 0.25) is 0 Å². The number of nitrogens with one attached hydrogen (secondary N) is 1. The normalized spacial score (nSPS) is 19.2. The Morgan fingerprint density at radius 3 is 2.81 bits per heavy atom. The van der Waals surface area contributed by atoms with Gasteiger partial charge in [-0.05, 0) is 12.8 Å². The molecule has 0 aromatic carbocycles. The SMILES string of the molecule is Cn1cc(C(C#N)NC2CCCCC2)cn1. The van der Waals surface area contributed by atoms with E-state index < -0.39 is 0 Å². The van der Waals surface area contributed by atoms with Crippen LogP contribution in [0.4, 0.5) is 0 Å². The van der Waals surface area contributed by atoms with Crippen molar-refractivity contribution in [3.8, 4) is 6.07 Å². The van der Waals surface area contributed by atoms with E-state index in [0.717, 1.165) is 5.56 Å². The maximum Gasteiger partial charge on any atom is 0.124 e. The monoisotopic (exact) mass is 218 g/mol. The molecule has 0 bridgehead atoms. The van der Waals surface area contributed by atoms with Crippen LogP contribution in [0.25, 0.3) is 0 Å². The fraction of sp³-hybridized carbons (Fsp3) is 0.667. The Labute approximate surface area is 96.3 Å². The molecule has 1 aliphatic carbocycles. The predicted octanol–water partition coefficient (Wildman–Crippen LogP) is 1.91. The van der Waals surface area contributed by atoms with E-state index in [2.05, 4.69) is 16.5 Å². The molecule has 1 N–H and O–H groups in total. The van der Waals surface area contributed by atoms with E-state index >= 15 is 0 Å². The van der Waals surface area contributed by atoms with Crippen molar-refractivity contribution in [3.05, 3.63) is 18.0 Å². The number of nitriles is 1. The number of hydrogen-bond donors (Lipinski definition) is 1. The molecule has 1 saturated carbocycles. The second-order valence-electron chi connectivity index (χ2n) is 4.51. The molecule has 0 spiro atoms. The first-order chi connectivity index (χ1) is 7.79. The van der Waals surface area contributed by atoms with Crippen LogP contribution in [0.5, 0.6) is 0 Å². The number of rotatable bonds is 3. The summed E-state index contributed by atoms with van der Waals surface area (Å²) in [5.74, 6) is 0. The minimum absolute atomic E-state index is 0.211. The summed E-state index contributed by atoms with van der Waals surface area (Å²) in [6, 6.07) is 2.60. The Morgan fingerprint density at radius 2 is 2.25 bits per heavy atom. The molecule has 1 aromatic rings. The molecule has 1 unspecified atom stereocenters. The fourth-order valence-corrected chi connectivity index (χ4v) is 2.30.